The van der Waals surface area contributed by atoms with Crippen molar-refractivity contribution in [3.63, 3.8) is 0 Å². The minimum absolute atomic E-state index is 0.266. The molecule has 0 fully saturated rings. The molecule has 0 atom stereocenters. The summed E-state index contributed by atoms with van der Waals surface area (Å²) >= 11 is 0. The van der Waals surface area contributed by atoms with Crippen molar-refractivity contribution < 1.29 is 0 Å². The summed E-state index contributed by atoms with van der Waals surface area (Å²) in [6, 6.07) is 7.61. The van der Waals surface area contributed by atoms with E-state index < -0.39 is 5.41 Å². The molecule has 0 unspecified atom stereocenters. The fraction of sp³-hybridized carbons (Fsp3) is 0.364. The van der Waals surface area contributed by atoms with Gasteiger partial charge in [-0.05, 0) is 26.0 Å². The third kappa shape index (κ3) is 3.96. The van der Waals surface area contributed by atoms with Crippen LogP contribution in [0.5, 0.6) is 0 Å². The van der Waals surface area contributed by atoms with Crippen LogP contribution in [-0.2, 0) is 0 Å². The lowest BCUT2D eigenvalue weighted by Crippen LogP contribution is -2.25. The van der Waals surface area contributed by atoms with Crippen molar-refractivity contribution in [3.05, 3.63) is 24.4 Å². The second kappa shape index (κ2) is 5.12. The number of nitrogens with two attached hydrogens (primary N) is 1. The van der Waals surface area contributed by atoms with Crippen LogP contribution in [0.3, 0.4) is 0 Å². The minimum Gasteiger partial charge on any atom is -0.370 e. The van der Waals surface area contributed by atoms with Crippen molar-refractivity contribution in [3.8, 4) is 6.07 Å². The van der Waals surface area contributed by atoms with Crippen LogP contribution < -0.4 is 11.1 Å². The number of nitriles is 1. The zero-order valence-corrected chi connectivity index (χ0v) is 9.44. The van der Waals surface area contributed by atoms with Gasteiger partial charge < -0.3 is 11.1 Å². The zero-order chi connectivity index (χ0) is 12.0. The van der Waals surface area contributed by atoms with Gasteiger partial charge >= 0.3 is 0 Å². The highest BCUT2D eigenvalue weighted by molar-refractivity contribution is 5.91. The molecular weight excluding hydrogens is 202 g/mol. The maximum absolute atomic E-state index is 8.80. The van der Waals surface area contributed by atoms with E-state index >= 15 is 0 Å². The second-order valence-corrected chi connectivity index (χ2v) is 4.04. The number of hydrogen-bond donors (Lipinski definition) is 2. The Balaban J connectivity index is 2.57. The Morgan fingerprint density at radius 1 is 1.62 bits per heavy atom. The first-order valence-electron chi connectivity index (χ1n) is 4.93. The van der Waals surface area contributed by atoms with Crippen molar-refractivity contribution >= 4 is 11.8 Å². The minimum atomic E-state index is -0.504. The number of anilines is 1. The van der Waals surface area contributed by atoms with E-state index in [1.54, 1.807) is 12.3 Å². The summed E-state index contributed by atoms with van der Waals surface area (Å²) in [5, 5.41) is 11.6. The van der Waals surface area contributed by atoms with Gasteiger partial charge in [-0.1, -0.05) is 6.07 Å². The maximum Gasteiger partial charge on any atom is 0.194 e. The first-order chi connectivity index (χ1) is 7.53. The molecule has 0 saturated heterocycles. The highest BCUT2D eigenvalue weighted by atomic mass is 15.1. The molecule has 5 nitrogen and oxygen atoms in total. The number of nitrogens with zero attached hydrogens (tertiary/aromatic N) is 3. The highest BCUT2D eigenvalue weighted by Crippen LogP contribution is 2.12. The standard InChI is InChI=1S/C11H15N5/c1-11(2,7-12)8-15-10(13)16-9-5-3-4-6-14-9/h3-6H,8H2,1-2H3,(H3,13,14,15,16). The molecule has 0 bridgehead atoms. The number of aromatic nitrogens is 1. The van der Waals surface area contributed by atoms with Gasteiger partial charge in [-0.3, -0.25) is 4.99 Å². The van der Waals surface area contributed by atoms with E-state index in [1.807, 2.05) is 26.0 Å². The van der Waals surface area contributed by atoms with Gasteiger partial charge in [0.25, 0.3) is 0 Å². The molecule has 0 aliphatic heterocycles. The van der Waals surface area contributed by atoms with Crippen LogP contribution in [0.4, 0.5) is 5.82 Å². The molecule has 0 aliphatic carbocycles. The van der Waals surface area contributed by atoms with E-state index in [2.05, 4.69) is 21.4 Å². The van der Waals surface area contributed by atoms with E-state index in [0.717, 1.165) is 0 Å². The number of guanidine groups is 1. The first-order valence-corrected chi connectivity index (χ1v) is 4.93. The molecule has 3 N–H and O–H groups in total. The Hall–Kier alpha value is -2.09. The lowest BCUT2D eigenvalue weighted by Gasteiger charge is -2.12. The summed E-state index contributed by atoms with van der Waals surface area (Å²) in [6.45, 7) is 3.98. The largest absolute Gasteiger partial charge is 0.370 e. The molecule has 1 aromatic heterocycles. The van der Waals surface area contributed by atoms with Crippen LogP contribution in [0.15, 0.2) is 29.4 Å². The van der Waals surface area contributed by atoms with Gasteiger partial charge in [-0.25, -0.2) is 4.98 Å². The van der Waals surface area contributed by atoms with Crippen molar-refractivity contribution in [1.82, 2.24) is 4.98 Å². The lowest BCUT2D eigenvalue weighted by molar-refractivity contribution is 0.512. The summed E-state index contributed by atoms with van der Waals surface area (Å²) in [6.07, 6.45) is 1.66. The van der Waals surface area contributed by atoms with E-state index in [-0.39, 0.29) is 5.96 Å². The molecular formula is C11H15N5. The fourth-order valence-electron chi connectivity index (χ4n) is 0.926. The van der Waals surface area contributed by atoms with Gasteiger partial charge in [0, 0.05) is 6.20 Å². The molecule has 0 aliphatic rings. The van der Waals surface area contributed by atoms with Crippen LogP contribution in [0.25, 0.3) is 0 Å². The molecule has 1 rings (SSSR count). The van der Waals surface area contributed by atoms with Crippen molar-refractivity contribution in [2.45, 2.75) is 13.8 Å². The molecule has 1 heterocycles. The van der Waals surface area contributed by atoms with Gasteiger partial charge in [0.05, 0.1) is 18.0 Å². The molecule has 16 heavy (non-hydrogen) atoms. The van der Waals surface area contributed by atoms with E-state index in [0.29, 0.717) is 12.4 Å². The lowest BCUT2D eigenvalue weighted by atomic mass is 9.96. The number of rotatable bonds is 3. The van der Waals surface area contributed by atoms with Crippen LogP contribution in [0.1, 0.15) is 13.8 Å². The number of nitrogens with one attached hydrogen (secondary N) is 1. The molecule has 84 valence electrons. The predicted molar refractivity (Wildman–Crippen MR) is 63.7 cm³/mol. The Bertz CT molecular complexity index is 402. The van der Waals surface area contributed by atoms with Gasteiger partial charge in [-0.15, -0.1) is 0 Å². The second-order valence-electron chi connectivity index (χ2n) is 4.04. The highest BCUT2D eigenvalue weighted by Gasteiger charge is 2.15. The summed E-state index contributed by atoms with van der Waals surface area (Å²) in [7, 11) is 0. The van der Waals surface area contributed by atoms with Crippen LogP contribution >= 0.6 is 0 Å². The smallest absolute Gasteiger partial charge is 0.194 e. The van der Waals surface area contributed by atoms with Gasteiger partial charge in [0.15, 0.2) is 5.96 Å². The molecule has 5 heteroatoms. The van der Waals surface area contributed by atoms with Crippen molar-refractivity contribution in [2.75, 3.05) is 11.9 Å². The van der Waals surface area contributed by atoms with E-state index in [1.165, 1.54) is 0 Å². The maximum atomic E-state index is 8.80. The van der Waals surface area contributed by atoms with Crippen molar-refractivity contribution in [1.29, 1.82) is 5.26 Å². The topological polar surface area (TPSA) is 87.1 Å². The van der Waals surface area contributed by atoms with Gasteiger partial charge in [0.2, 0.25) is 0 Å². The number of aliphatic imine (C=N–C) groups is 1. The Kier molecular flexibility index (Phi) is 3.84. The molecule has 0 radical (unpaired) electrons. The van der Waals surface area contributed by atoms with Gasteiger partial charge in [-0.2, -0.15) is 5.26 Å². The Morgan fingerprint density at radius 2 is 2.38 bits per heavy atom. The quantitative estimate of drug-likeness (QED) is 0.591. The third-order valence-corrected chi connectivity index (χ3v) is 1.87. The zero-order valence-electron chi connectivity index (χ0n) is 9.44. The van der Waals surface area contributed by atoms with Crippen LogP contribution in [0, 0.1) is 16.7 Å². The summed E-state index contributed by atoms with van der Waals surface area (Å²) in [5.74, 6) is 0.903. The third-order valence-electron chi connectivity index (χ3n) is 1.87. The molecule has 0 aromatic carbocycles. The Morgan fingerprint density at radius 3 is 2.94 bits per heavy atom. The first kappa shape index (κ1) is 12.0. The van der Waals surface area contributed by atoms with E-state index in [4.69, 9.17) is 11.0 Å². The normalized spacial score (nSPS) is 11.9. The van der Waals surface area contributed by atoms with E-state index in [9.17, 15) is 0 Å². The monoisotopic (exact) mass is 217 g/mol. The predicted octanol–water partition coefficient (Wildman–Crippen LogP) is 1.36. The fourth-order valence-corrected chi connectivity index (χ4v) is 0.926. The average molecular weight is 217 g/mol. The molecule has 0 saturated carbocycles. The molecule has 0 spiro atoms. The summed E-state index contributed by atoms with van der Waals surface area (Å²) in [5.41, 5.74) is 5.15. The molecule has 1 aromatic rings. The van der Waals surface area contributed by atoms with Crippen LogP contribution in [0.2, 0.25) is 0 Å². The summed E-state index contributed by atoms with van der Waals surface area (Å²) in [4.78, 5) is 8.13. The van der Waals surface area contributed by atoms with Gasteiger partial charge in [0.1, 0.15) is 5.82 Å². The van der Waals surface area contributed by atoms with Crippen molar-refractivity contribution in [2.24, 2.45) is 16.1 Å². The number of pyridine rings is 1. The SMILES string of the molecule is CC(C)(C#N)CN=C(N)Nc1ccccn1. The summed E-state index contributed by atoms with van der Waals surface area (Å²) < 4.78 is 0. The number of hydrogen-bond acceptors (Lipinski definition) is 3. The van der Waals surface area contributed by atoms with Crippen LogP contribution in [-0.4, -0.2) is 17.5 Å². The Labute approximate surface area is 95.0 Å². The average Bonchev–Trinajstić information content (AvgIpc) is 2.28. The molecule has 0 amide bonds.